The van der Waals surface area contributed by atoms with Crippen molar-refractivity contribution in [1.29, 1.82) is 0 Å². The van der Waals surface area contributed by atoms with Crippen molar-refractivity contribution in [3.63, 3.8) is 0 Å². The predicted octanol–water partition coefficient (Wildman–Crippen LogP) is 2.09. The van der Waals surface area contributed by atoms with Crippen molar-refractivity contribution < 1.29 is 4.42 Å². The van der Waals surface area contributed by atoms with Crippen molar-refractivity contribution in [3.8, 4) is 0 Å². The lowest BCUT2D eigenvalue weighted by atomic mass is 10.1. The van der Waals surface area contributed by atoms with Crippen LogP contribution in [0.25, 0.3) is 0 Å². The van der Waals surface area contributed by atoms with E-state index in [4.69, 9.17) is 4.42 Å². The Kier molecular flexibility index (Phi) is 7.15. The number of hydrogen-bond acceptors (Lipinski definition) is 3. The number of rotatable bonds is 7. The van der Waals surface area contributed by atoms with Crippen molar-refractivity contribution >= 4 is 5.96 Å². The van der Waals surface area contributed by atoms with E-state index in [1.165, 1.54) is 0 Å². The second-order valence-corrected chi connectivity index (χ2v) is 5.56. The Hall–Kier alpha value is -1.49. The van der Waals surface area contributed by atoms with Gasteiger partial charge in [-0.2, -0.15) is 0 Å². The fraction of sp³-hybridized carbons (Fsp3) is 0.667. The Bertz CT molecular complexity index is 385. The average Bonchev–Trinajstić information content (AvgIpc) is 2.90. The summed E-state index contributed by atoms with van der Waals surface area (Å²) in [7, 11) is 5.88. The lowest BCUT2D eigenvalue weighted by molar-refractivity contribution is 0.258. The van der Waals surface area contributed by atoms with Crippen molar-refractivity contribution in [2.45, 2.75) is 26.3 Å². The van der Waals surface area contributed by atoms with E-state index in [2.05, 4.69) is 34.4 Å². The third kappa shape index (κ3) is 5.65. The van der Waals surface area contributed by atoms with E-state index in [0.29, 0.717) is 5.92 Å². The van der Waals surface area contributed by atoms with Crippen LogP contribution in [0.2, 0.25) is 0 Å². The summed E-state index contributed by atoms with van der Waals surface area (Å²) in [6.45, 7) is 6.13. The van der Waals surface area contributed by atoms with Gasteiger partial charge in [-0.1, -0.05) is 13.8 Å². The highest BCUT2D eigenvalue weighted by Gasteiger charge is 2.17. The summed E-state index contributed by atoms with van der Waals surface area (Å²) in [6.07, 6.45) is 2.84. The lowest BCUT2D eigenvalue weighted by Gasteiger charge is -2.23. The number of aliphatic imine (C=N–C) groups is 1. The number of hydrogen-bond donors (Lipinski definition) is 2. The molecule has 0 saturated carbocycles. The maximum absolute atomic E-state index is 5.49. The van der Waals surface area contributed by atoms with E-state index in [9.17, 15) is 0 Å². The Morgan fingerprint density at radius 3 is 2.60 bits per heavy atom. The molecule has 114 valence electrons. The van der Waals surface area contributed by atoms with Crippen LogP contribution in [0.15, 0.2) is 27.8 Å². The van der Waals surface area contributed by atoms with Gasteiger partial charge in [-0.3, -0.25) is 9.89 Å². The van der Waals surface area contributed by atoms with Gasteiger partial charge in [0, 0.05) is 20.1 Å². The first-order chi connectivity index (χ1) is 9.54. The normalized spacial score (nSPS) is 13.8. The van der Waals surface area contributed by atoms with Gasteiger partial charge < -0.3 is 15.1 Å². The van der Waals surface area contributed by atoms with Gasteiger partial charge in [0.25, 0.3) is 0 Å². The maximum atomic E-state index is 5.49. The highest BCUT2D eigenvalue weighted by molar-refractivity contribution is 5.79. The van der Waals surface area contributed by atoms with Gasteiger partial charge in [0.2, 0.25) is 0 Å². The summed E-state index contributed by atoms with van der Waals surface area (Å²) in [4.78, 5) is 6.37. The average molecular weight is 280 g/mol. The first-order valence-electron chi connectivity index (χ1n) is 7.19. The van der Waals surface area contributed by atoms with Gasteiger partial charge in [-0.25, -0.2) is 0 Å². The molecule has 0 radical (unpaired) electrons. The van der Waals surface area contributed by atoms with Crippen LogP contribution in [0.4, 0.5) is 0 Å². The molecule has 0 spiro atoms. The summed E-state index contributed by atoms with van der Waals surface area (Å²) in [5.41, 5.74) is 0. The van der Waals surface area contributed by atoms with E-state index >= 15 is 0 Å². The Labute approximate surface area is 122 Å². The molecule has 0 aliphatic carbocycles. The second-order valence-electron chi connectivity index (χ2n) is 5.56. The summed E-state index contributed by atoms with van der Waals surface area (Å²) in [5, 5.41) is 6.68. The second kappa shape index (κ2) is 8.64. The largest absolute Gasteiger partial charge is 0.468 e. The zero-order valence-corrected chi connectivity index (χ0v) is 13.3. The summed E-state index contributed by atoms with van der Waals surface area (Å²) >= 11 is 0. The van der Waals surface area contributed by atoms with E-state index < -0.39 is 0 Å². The molecule has 0 fully saturated rings. The standard InChI is InChI=1S/C15H28N4O/c1-12(2)8-9-17-15(16-3)18-11-13(19(4)5)14-7-6-10-20-14/h6-7,10,12-13H,8-9,11H2,1-5H3,(H2,16,17,18). The molecule has 0 aliphatic heterocycles. The summed E-state index contributed by atoms with van der Waals surface area (Å²) in [6, 6.07) is 4.11. The molecule has 2 N–H and O–H groups in total. The fourth-order valence-corrected chi connectivity index (χ4v) is 1.91. The number of likely N-dealkylation sites (N-methyl/N-ethyl adjacent to an activating group) is 1. The van der Waals surface area contributed by atoms with E-state index in [0.717, 1.165) is 31.2 Å². The van der Waals surface area contributed by atoms with E-state index in [1.807, 2.05) is 26.2 Å². The molecule has 20 heavy (non-hydrogen) atoms. The van der Waals surface area contributed by atoms with Crippen LogP contribution in [0, 0.1) is 5.92 Å². The van der Waals surface area contributed by atoms with E-state index in [1.54, 1.807) is 13.3 Å². The predicted molar refractivity (Wildman–Crippen MR) is 84.0 cm³/mol. The van der Waals surface area contributed by atoms with Gasteiger partial charge >= 0.3 is 0 Å². The Balaban J connectivity index is 2.45. The number of furan rings is 1. The van der Waals surface area contributed by atoms with Gasteiger partial charge in [-0.15, -0.1) is 0 Å². The fourth-order valence-electron chi connectivity index (χ4n) is 1.91. The molecular formula is C15H28N4O. The van der Waals surface area contributed by atoms with Gasteiger partial charge in [0.1, 0.15) is 5.76 Å². The van der Waals surface area contributed by atoms with Gasteiger partial charge in [0.05, 0.1) is 12.3 Å². The molecule has 0 saturated heterocycles. The van der Waals surface area contributed by atoms with Crippen molar-refractivity contribution in [2.24, 2.45) is 10.9 Å². The smallest absolute Gasteiger partial charge is 0.191 e. The molecule has 1 aromatic heterocycles. The van der Waals surface area contributed by atoms with Crippen LogP contribution < -0.4 is 10.6 Å². The van der Waals surface area contributed by atoms with Gasteiger partial charge in [-0.05, 0) is 38.6 Å². The zero-order valence-electron chi connectivity index (χ0n) is 13.3. The SMILES string of the molecule is CN=C(NCCC(C)C)NCC(c1ccco1)N(C)C. The number of nitrogens with one attached hydrogen (secondary N) is 2. The molecule has 0 bridgehead atoms. The van der Waals surface area contributed by atoms with Crippen molar-refractivity contribution in [3.05, 3.63) is 24.2 Å². The molecule has 1 atom stereocenters. The third-order valence-electron chi connectivity index (χ3n) is 3.20. The minimum absolute atomic E-state index is 0.189. The quantitative estimate of drug-likeness (QED) is 0.593. The van der Waals surface area contributed by atoms with E-state index in [-0.39, 0.29) is 6.04 Å². The van der Waals surface area contributed by atoms with Crippen molar-refractivity contribution in [1.82, 2.24) is 15.5 Å². The first-order valence-corrected chi connectivity index (χ1v) is 7.19. The summed E-state index contributed by atoms with van der Waals surface area (Å²) < 4.78 is 5.49. The monoisotopic (exact) mass is 280 g/mol. The molecule has 0 aliphatic rings. The molecule has 0 amide bonds. The highest BCUT2D eigenvalue weighted by Crippen LogP contribution is 2.17. The molecule has 1 heterocycles. The molecule has 1 rings (SSSR count). The van der Waals surface area contributed by atoms with Gasteiger partial charge in [0.15, 0.2) is 5.96 Å². The van der Waals surface area contributed by atoms with Crippen LogP contribution in [0.1, 0.15) is 32.1 Å². The molecule has 0 aromatic carbocycles. The molecule has 1 unspecified atom stereocenters. The molecule has 1 aromatic rings. The van der Waals surface area contributed by atoms with Crippen LogP contribution >= 0.6 is 0 Å². The number of nitrogens with zero attached hydrogens (tertiary/aromatic N) is 2. The third-order valence-corrected chi connectivity index (χ3v) is 3.20. The first kappa shape index (κ1) is 16.6. The lowest BCUT2D eigenvalue weighted by Crippen LogP contribution is -2.42. The number of guanidine groups is 1. The molecule has 5 nitrogen and oxygen atoms in total. The topological polar surface area (TPSA) is 52.8 Å². The minimum atomic E-state index is 0.189. The Morgan fingerprint density at radius 1 is 1.35 bits per heavy atom. The van der Waals surface area contributed by atoms with Crippen LogP contribution in [-0.4, -0.2) is 45.1 Å². The van der Waals surface area contributed by atoms with Crippen LogP contribution in [0.5, 0.6) is 0 Å². The maximum Gasteiger partial charge on any atom is 0.191 e. The molecular weight excluding hydrogens is 252 g/mol. The van der Waals surface area contributed by atoms with Crippen molar-refractivity contribution in [2.75, 3.05) is 34.2 Å². The summed E-state index contributed by atoms with van der Waals surface area (Å²) in [5.74, 6) is 2.49. The molecule has 5 heteroatoms. The zero-order chi connectivity index (χ0) is 15.0. The van der Waals surface area contributed by atoms with Crippen LogP contribution in [0.3, 0.4) is 0 Å². The Morgan fingerprint density at radius 2 is 2.10 bits per heavy atom. The minimum Gasteiger partial charge on any atom is -0.468 e. The van der Waals surface area contributed by atoms with Crippen LogP contribution in [-0.2, 0) is 0 Å². The highest BCUT2D eigenvalue weighted by atomic mass is 16.3.